The largest absolute Gasteiger partial charge is 0.369 e. The van der Waals surface area contributed by atoms with E-state index in [1.165, 1.54) is 18.2 Å². The molecule has 2 atom stereocenters. The van der Waals surface area contributed by atoms with E-state index in [4.69, 9.17) is 17.3 Å². The Morgan fingerprint density at radius 1 is 1.36 bits per heavy atom. The van der Waals surface area contributed by atoms with E-state index in [2.05, 4.69) is 5.32 Å². The molecule has 2 amide bonds. The van der Waals surface area contributed by atoms with E-state index in [0.29, 0.717) is 6.42 Å². The average molecular weight is 326 g/mol. The van der Waals surface area contributed by atoms with Crippen LogP contribution in [0.5, 0.6) is 0 Å². The standard InChI is InChI=1S/C14H16ClN3O4/c15-11-7-9(4-5-12(11)18(21)22)14(20)17-10-3-1-2-8(6-10)13(16)19/h4-5,7-8,10H,1-3,6H2,(H2,16,19)(H,17,20). The number of nitro groups is 1. The summed E-state index contributed by atoms with van der Waals surface area (Å²) in [5, 5.41) is 13.4. The molecule has 1 aromatic rings. The minimum absolute atomic E-state index is 0.0868. The molecule has 0 aliphatic heterocycles. The summed E-state index contributed by atoms with van der Waals surface area (Å²) in [6.45, 7) is 0. The molecule has 0 bridgehead atoms. The molecule has 118 valence electrons. The van der Waals surface area contributed by atoms with Crippen LogP contribution >= 0.6 is 11.6 Å². The molecule has 1 aromatic carbocycles. The number of hydrogen-bond acceptors (Lipinski definition) is 4. The van der Waals surface area contributed by atoms with Crippen molar-refractivity contribution in [3.63, 3.8) is 0 Å². The number of primary amides is 1. The minimum atomic E-state index is -0.609. The Bertz CT molecular complexity index is 620. The zero-order chi connectivity index (χ0) is 16.3. The van der Waals surface area contributed by atoms with E-state index in [1.54, 1.807) is 0 Å². The maximum Gasteiger partial charge on any atom is 0.287 e. The number of nitro benzene ring substituents is 1. The normalized spacial score (nSPS) is 21.1. The fourth-order valence-electron chi connectivity index (χ4n) is 2.64. The van der Waals surface area contributed by atoms with Gasteiger partial charge in [0.05, 0.1) is 4.92 Å². The molecule has 1 fully saturated rings. The third-order valence-electron chi connectivity index (χ3n) is 3.82. The van der Waals surface area contributed by atoms with Crippen molar-refractivity contribution >= 4 is 29.1 Å². The van der Waals surface area contributed by atoms with Gasteiger partial charge in [0, 0.05) is 23.6 Å². The van der Waals surface area contributed by atoms with Gasteiger partial charge >= 0.3 is 0 Å². The van der Waals surface area contributed by atoms with Crippen molar-refractivity contribution < 1.29 is 14.5 Å². The predicted octanol–water partition coefficient (Wildman–Crippen LogP) is 2.02. The third kappa shape index (κ3) is 3.73. The number of hydrogen-bond donors (Lipinski definition) is 2. The maximum atomic E-state index is 12.2. The molecule has 2 rings (SSSR count). The monoisotopic (exact) mass is 325 g/mol. The number of benzene rings is 1. The van der Waals surface area contributed by atoms with Gasteiger partial charge in [-0.1, -0.05) is 18.0 Å². The Hall–Kier alpha value is -2.15. The smallest absolute Gasteiger partial charge is 0.287 e. The Kier molecular flexibility index (Phi) is 4.97. The number of carbonyl (C=O) groups excluding carboxylic acids is 2. The summed E-state index contributed by atoms with van der Waals surface area (Å²) < 4.78 is 0. The van der Waals surface area contributed by atoms with Gasteiger partial charge in [-0.2, -0.15) is 0 Å². The first-order valence-corrected chi connectivity index (χ1v) is 7.30. The molecule has 8 heteroatoms. The summed E-state index contributed by atoms with van der Waals surface area (Å²) in [5.41, 5.74) is 5.30. The molecule has 0 saturated heterocycles. The molecule has 22 heavy (non-hydrogen) atoms. The van der Waals surface area contributed by atoms with Crippen LogP contribution in [0.2, 0.25) is 5.02 Å². The highest BCUT2D eigenvalue weighted by atomic mass is 35.5. The SMILES string of the molecule is NC(=O)C1CCCC(NC(=O)c2ccc([N+](=O)[O-])c(Cl)c2)C1. The molecular formula is C14H16ClN3O4. The minimum Gasteiger partial charge on any atom is -0.369 e. The number of nitrogens with two attached hydrogens (primary N) is 1. The predicted molar refractivity (Wildman–Crippen MR) is 80.5 cm³/mol. The van der Waals surface area contributed by atoms with Crippen LogP contribution in [0.4, 0.5) is 5.69 Å². The Balaban J connectivity index is 2.04. The van der Waals surface area contributed by atoms with Crippen LogP contribution in [-0.2, 0) is 4.79 Å². The van der Waals surface area contributed by atoms with E-state index in [-0.39, 0.29) is 40.0 Å². The summed E-state index contributed by atoms with van der Waals surface area (Å²) in [7, 11) is 0. The Labute approximate surface area is 132 Å². The summed E-state index contributed by atoms with van der Waals surface area (Å²) in [6.07, 6.45) is 2.85. The fraction of sp³-hybridized carbons (Fsp3) is 0.429. The van der Waals surface area contributed by atoms with Gasteiger partial charge in [-0.15, -0.1) is 0 Å². The lowest BCUT2D eigenvalue weighted by Gasteiger charge is -2.27. The van der Waals surface area contributed by atoms with Crippen LogP contribution in [0.1, 0.15) is 36.0 Å². The summed E-state index contributed by atoms with van der Waals surface area (Å²) in [5.74, 6) is -0.941. The second kappa shape index (κ2) is 6.74. The molecule has 0 radical (unpaired) electrons. The highest BCUT2D eigenvalue weighted by Crippen LogP contribution is 2.26. The van der Waals surface area contributed by atoms with Crippen molar-refractivity contribution in [3.05, 3.63) is 38.9 Å². The number of carbonyl (C=O) groups is 2. The molecule has 1 aliphatic rings. The van der Waals surface area contributed by atoms with Crippen molar-refractivity contribution in [2.75, 3.05) is 0 Å². The highest BCUT2D eigenvalue weighted by molar-refractivity contribution is 6.33. The molecular weight excluding hydrogens is 310 g/mol. The van der Waals surface area contributed by atoms with E-state index in [1.807, 2.05) is 0 Å². The van der Waals surface area contributed by atoms with Crippen LogP contribution in [0.3, 0.4) is 0 Å². The molecule has 1 saturated carbocycles. The first-order valence-electron chi connectivity index (χ1n) is 6.92. The van der Waals surface area contributed by atoms with Gasteiger partial charge in [0.2, 0.25) is 5.91 Å². The topological polar surface area (TPSA) is 115 Å². The van der Waals surface area contributed by atoms with Crippen molar-refractivity contribution in [2.24, 2.45) is 11.7 Å². The fourth-order valence-corrected chi connectivity index (χ4v) is 2.89. The molecule has 0 aromatic heterocycles. The second-order valence-corrected chi connectivity index (χ2v) is 5.77. The zero-order valence-corrected chi connectivity index (χ0v) is 12.5. The first-order chi connectivity index (χ1) is 10.4. The summed E-state index contributed by atoms with van der Waals surface area (Å²) >= 11 is 5.79. The first kappa shape index (κ1) is 16.2. The maximum absolute atomic E-state index is 12.2. The van der Waals surface area contributed by atoms with Crippen LogP contribution in [0, 0.1) is 16.0 Å². The van der Waals surface area contributed by atoms with Crippen molar-refractivity contribution in [3.8, 4) is 0 Å². The van der Waals surface area contributed by atoms with Crippen molar-refractivity contribution in [1.29, 1.82) is 0 Å². The van der Waals surface area contributed by atoms with E-state index < -0.39 is 4.92 Å². The van der Waals surface area contributed by atoms with Gasteiger partial charge in [-0.25, -0.2) is 0 Å². The third-order valence-corrected chi connectivity index (χ3v) is 4.12. The molecule has 0 heterocycles. The average Bonchev–Trinajstić information content (AvgIpc) is 2.46. The van der Waals surface area contributed by atoms with Crippen LogP contribution in [-0.4, -0.2) is 22.8 Å². The zero-order valence-electron chi connectivity index (χ0n) is 11.8. The van der Waals surface area contributed by atoms with Crippen LogP contribution in [0.15, 0.2) is 18.2 Å². The van der Waals surface area contributed by atoms with Crippen molar-refractivity contribution in [2.45, 2.75) is 31.7 Å². The second-order valence-electron chi connectivity index (χ2n) is 5.36. The lowest BCUT2D eigenvalue weighted by molar-refractivity contribution is -0.384. The van der Waals surface area contributed by atoms with Crippen LogP contribution in [0.25, 0.3) is 0 Å². The van der Waals surface area contributed by atoms with Gasteiger partial charge in [-0.3, -0.25) is 19.7 Å². The van der Waals surface area contributed by atoms with Gasteiger partial charge in [0.15, 0.2) is 0 Å². The van der Waals surface area contributed by atoms with E-state index in [0.717, 1.165) is 19.3 Å². The molecule has 3 N–H and O–H groups in total. The van der Waals surface area contributed by atoms with Gasteiger partial charge < -0.3 is 11.1 Å². The van der Waals surface area contributed by atoms with Gasteiger partial charge in [0.1, 0.15) is 5.02 Å². The van der Waals surface area contributed by atoms with Crippen LogP contribution < -0.4 is 11.1 Å². The Morgan fingerprint density at radius 2 is 2.09 bits per heavy atom. The number of rotatable bonds is 4. The molecule has 1 aliphatic carbocycles. The lowest BCUT2D eigenvalue weighted by atomic mass is 9.85. The number of halogens is 1. The number of amides is 2. The quantitative estimate of drug-likeness (QED) is 0.650. The van der Waals surface area contributed by atoms with Gasteiger partial charge in [-0.05, 0) is 31.4 Å². The molecule has 7 nitrogen and oxygen atoms in total. The number of nitrogens with one attached hydrogen (secondary N) is 1. The number of nitrogens with zero attached hydrogens (tertiary/aromatic N) is 1. The molecule has 2 unspecified atom stereocenters. The van der Waals surface area contributed by atoms with E-state index >= 15 is 0 Å². The highest BCUT2D eigenvalue weighted by Gasteiger charge is 2.27. The summed E-state index contributed by atoms with van der Waals surface area (Å²) in [6, 6.07) is 3.69. The molecule has 0 spiro atoms. The van der Waals surface area contributed by atoms with E-state index in [9.17, 15) is 19.7 Å². The van der Waals surface area contributed by atoms with Gasteiger partial charge in [0.25, 0.3) is 11.6 Å². The Morgan fingerprint density at radius 3 is 2.68 bits per heavy atom. The lowest BCUT2D eigenvalue weighted by Crippen LogP contribution is -2.41. The van der Waals surface area contributed by atoms with Crippen molar-refractivity contribution in [1.82, 2.24) is 5.32 Å². The summed E-state index contributed by atoms with van der Waals surface area (Å²) in [4.78, 5) is 33.5.